The van der Waals surface area contributed by atoms with Crippen LogP contribution < -0.4 is 28.4 Å². The average Bonchev–Trinajstić information content (AvgIpc) is 2.87. The van der Waals surface area contributed by atoms with Crippen molar-refractivity contribution in [2.45, 2.75) is 0 Å². The Bertz CT molecular complexity index is 1210. The Morgan fingerprint density at radius 1 is 0.714 bits per heavy atom. The average molecular weight is 481 g/mol. The number of methoxy groups -OCH3 is 4. The van der Waals surface area contributed by atoms with Gasteiger partial charge in [0.2, 0.25) is 5.75 Å². The molecule has 0 N–H and O–H groups in total. The van der Waals surface area contributed by atoms with Gasteiger partial charge < -0.3 is 28.4 Å². The van der Waals surface area contributed by atoms with Crippen LogP contribution in [0.2, 0.25) is 0 Å². The van der Waals surface area contributed by atoms with Crippen molar-refractivity contribution >= 4 is 24.0 Å². The Balaban J connectivity index is 1.79. The molecule has 0 spiro atoms. The van der Waals surface area contributed by atoms with Gasteiger partial charge in [-0.25, -0.2) is 4.79 Å². The van der Waals surface area contributed by atoms with Crippen LogP contribution in [0.15, 0.2) is 54.6 Å². The largest absolute Gasteiger partial charge is 0.519 e. The van der Waals surface area contributed by atoms with E-state index in [0.717, 1.165) is 5.56 Å². The molecule has 182 valence electrons. The minimum absolute atomic E-state index is 0.0954. The van der Waals surface area contributed by atoms with Crippen LogP contribution >= 0.6 is 0 Å². The first-order chi connectivity index (χ1) is 16.9. The molecule has 0 aromatic heterocycles. The lowest BCUT2D eigenvalue weighted by atomic mass is 10.1. The molecule has 0 heterocycles. The van der Waals surface area contributed by atoms with Crippen LogP contribution in [-0.4, -0.2) is 39.5 Å². The second-order valence-corrected chi connectivity index (χ2v) is 6.91. The lowest BCUT2D eigenvalue weighted by Gasteiger charge is -2.13. The van der Waals surface area contributed by atoms with Gasteiger partial charge in [0.15, 0.2) is 23.0 Å². The summed E-state index contributed by atoms with van der Waals surface area (Å²) < 4.78 is 31.7. The fourth-order valence-electron chi connectivity index (χ4n) is 3.11. The van der Waals surface area contributed by atoms with Crippen molar-refractivity contribution < 1.29 is 38.1 Å². The number of ether oxygens (including phenoxy) is 6. The van der Waals surface area contributed by atoms with Crippen LogP contribution in [0.25, 0.3) is 12.2 Å². The molecule has 35 heavy (non-hydrogen) atoms. The number of non-ortho nitro benzene ring substituents is 1. The summed E-state index contributed by atoms with van der Waals surface area (Å²) in [6.07, 6.45) is 2.60. The van der Waals surface area contributed by atoms with Gasteiger partial charge in [-0.2, -0.15) is 0 Å². The number of benzene rings is 3. The number of carbonyl (C=O) groups excluding carboxylic acids is 1. The van der Waals surface area contributed by atoms with Crippen molar-refractivity contribution in [2.75, 3.05) is 28.4 Å². The SMILES string of the molecule is COc1ccc(C=Cc2cc(OC)c(OC)c(OC)c2)cc1OC(=O)Oc1ccc([N+](=O)[O-])cc1. The second kappa shape index (κ2) is 11.4. The summed E-state index contributed by atoms with van der Waals surface area (Å²) in [6.45, 7) is 0. The van der Waals surface area contributed by atoms with Gasteiger partial charge in [-0.15, -0.1) is 0 Å². The zero-order chi connectivity index (χ0) is 25.4. The van der Waals surface area contributed by atoms with Gasteiger partial charge in [0.1, 0.15) is 5.75 Å². The Morgan fingerprint density at radius 2 is 1.29 bits per heavy atom. The fraction of sp³-hybridized carbons (Fsp3) is 0.160. The van der Waals surface area contributed by atoms with Crippen molar-refractivity contribution in [1.82, 2.24) is 0 Å². The van der Waals surface area contributed by atoms with Gasteiger partial charge in [0, 0.05) is 12.1 Å². The van der Waals surface area contributed by atoms with E-state index in [1.165, 1.54) is 52.7 Å². The van der Waals surface area contributed by atoms with Gasteiger partial charge >= 0.3 is 6.16 Å². The number of nitrogens with zero attached hydrogens (tertiary/aromatic N) is 1. The highest BCUT2D eigenvalue weighted by atomic mass is 16.7. The molecule has 0 saturated heterocycles. The molecule has 0 atom stereocenters. The molecule has 10 nitrogen and oxygen atoms in total. The summed E-state index contributed by atoms with van der Waals surface area (Å²) in [7, 11) is 6.04. The van der Waals surface area contributed by atoms with E-state index in [1.807, 2.05) is 6.08 Å². The standard InChI is InChI=1S/C25H23NO9/c1-30-20-12-7-16(5-6-17-14-22(31-2)24(33-4)23(15-17)32-3)13-21(20)35-25(27)34-19-10-8-18(9-11-19)26(28)29/h5-15H,1-4H3. The van der Waals surface area contributed by atoms with E-state index >= 15 is 0 Å². The van der Waals surface area contributed by atoms with Crippen molar-refractivity contribution in [2.24, 2.45) is 0 Å². The van der Waals surface area contributed by atoms with Crippen LogP contribution in [0, 0.1) is 10.1 Å². The van der Waals surface area contributed by atoms with Crippen molar-refractivity contribution in [3.63, 3.8) is 0 Å². The molecular formula is C25H23NO9. The van der Waals surface area contributed by atoms with Gasteiger partial charge in [0.05, 0.1) is 33.4 Å². The molecule has 0 aliphatic rings. The molecule has 0 aliphatic heterocycles. The number of nitro groups is 1. The molecule has 0 aliphatic carbocycles. The molecule has 0 unspecified atom stereocenters. The maximum atomic E-state index is 12.3. The van der Waals surface area contributed by atoms with Gasteiger partial charge in [-0.3, -0.25) is 10.1 Å². The third kappa shape index (κ3) is 6.20. The Morgan fingerprint density at radius 3 is 1.83 bits per heavy atom. The van der Waals surface area contributed by atoms with Crippen LogP contribution in [-0.2, 0) is 0 Å². The summed E-state index contributed by atoms with van der Waals surface area (Å²) in [5, 5.41) is 10.8. The maximum absolute atomic E-state index is 12.3. The normalized spacial score (nSPS) is 10.5. The summed E-state index contributed by atoms with van der Waals surface area (Å²) in [4.78, 5) is 22.5. The van der Waals surface area contributed by atoms with E-state index in [-0.39, 0.29) is 17.2 Å². The molecule has 0 bridgehead atoms. The highest BCUT2D eigenvalue weighted by molar-refractivity contribution is 5.75. The fourth-order valence-corrected chi connectivity index (χ4v) is 3.11. The topological polar surface area (TPSA) is 116 Å². The minimum Gasteiger partial charge on any atom is -0.493 e. The van der Waals surface area contributed by atoms with Crippen molar-refractivity contribution in [3.8, 4) is 34.5 Å². The third-order valence-electron chi connectivity index (χ3n) is 4.78. The van der Waals surface area contributed by atoms with Gasteiger partial charge in [-0.1, -0.05) is 18.2 Å². The number of rotatable bonds is 9. The van der Waals surface area contributed by atoms with E-state index in [0.29, 0.717) is 28.6 Å². The molecule has 10 heteroatoms. The number of carbonyl (C=O) groups is 1. The Hall–Kier alpha value is -4.73. The van der Waals surface area contributed by atoms with E-state index in [2.05, 4.69) is 0 Å². The quantitative estimate of drug-likeness (QED) is 0.131. The third-order valence-corrected chi connectivity index (χ3v) is 4.78. The molecule has 3 aromatic rings. The highest BCUT2D eigenvalue weighted by Gasteiger charge is 2.15. The van der Waals surface area contributed by atoms with Crippen LogP contribution in [0.5, 0.6) is 34.5 Å². The molecule has 0 saturated carbocycles. The summed E-state index contributed by atoms with van der Waals surface area (Å²) in [6, 6.07) is 13.6. The number of hydrogen-bond acceptors (Lipinski definition) is 9. The molecular weight excluding hydrogens is 458 g/mol. The second-order valence-electron chi connectivity index (χ2n) is 6.91. The predicted molar refractivity (Wildman–Crippen MR) is 128 cm³/mol. The Kier molecular flexibility index (Phi) is 8.12. The first-order valence-corrected chi connectivity index (χ1v) is 10.2. The van der Waals surface area contributed by atoms with E-state index in [9.17, 15) is 14.9 Å². The van der Waals surface area contributed by atoms with Crippen LogP contribution in [0.3, 0.4) is 0 Å². The van der Waals surface area contributed by atoms with Gasteiger partial charge in [0.25, 0.3) is 5.69 Å². The molecule has 0 fully saturated rings. The first kappa shape index (κ1) is 24.9. The molecule has 0 amide bonds. The first-order valence-electron chi connectivity index (χ1n) is 10.2. The van der Waals surface area contributed by atoms with E-state index in [4.69, 9.17) is 28.4 Å². The lowest BCUT2D eigenvalue weighted by Crippen LogP contribution is -2.14. The summed E-state index contributed by atoms with van der Waals surface area (Å²) in [5.41, 5.74) is 1.37. The monoisotopic (exact) mass is 481 g/mol. The molecule has 3 rings (SSSR count). The predicted octanol–water partition coefficient (Wildman–Crippen LogP) is 5.38. The Labute approximate surface area is 201 Å². The highest BCUT2D eigenvalue weighted by Crippen LogP contribution is 2.38. The van der Waals surface area contributed by atoms with Crippen molar-refractivity contribution in [1.29, 1.82) is 0 Å². The van der Waals surface area contributed by atoms with Crippen LogP contribution in [0.1, 0.15) is 11.1 Å². The van der Waals surface area contributed by atoms with E-state index in [1.54, 1.807) is 36.4 Å². The molecule has 3 aromatic carbocycles. The van der Waals surface area contributed by atoms with E-state index < -0.39 is 11.1 Å². The van der Waals surface area contributed by atoms with Gasteiger partial charge in [-0.05, 0) is 47.5 Å². The zero-order valence-electron chi connectivity index (χ0n) is 19.5. The lowest BCUT2D eigenvalue weighted by molar-refractivity contribution is -0.384. The smallest absolute Gasteiger partial charge is 0.493 e. The van der Waals surface area contributed by atoms with Crippen molar-refractivity contribution in [3.05, 3.63) is 75.8 Å². The van der Waals surface area contributed by atoms with Crippen LogP contribution in [0.4, 0.5) is 10.5 Å². The minimum atomic E-state index is -1.03. The summed E-state index contributed by atoms with van der Waals surface area (Å²) >= 11 is 0. The number of hydrogen-bond donors (Lipinski definition) is 0. The number of nitro benzene ring substituents is 1. The zero-order valence-corrected chi connectivity index (χ0v) is 19.5. The molecule has 0 radical (unpaired) electrons. The summed E-state index contributed by atoms with van der Waals surface area (Å²) in [5.74, 6) is 2.05. The maximum Gasteiger partial charge on any atom is 0.519 e.